The molecule has 1 saturated heterocycles. The first kappa shape index (κ1) is 18.6. The lowest BCUT2D eigenvalue weighted by atomic mass is 10.2. The monoisotopic (exact) mass is 380 g/mol. The van der Waals surface area contributed by atoms with Crippen molar-refractivity contribution < 1.29 is 18.3 Å². The molecule has 0 atom stereocenters. The van der Waals surface area contributed by atoms with Gasteiger partial charge >= 0.3 is 0 Å². The van der Waals surface area contributed by atoms with Crippen LogP contribution < -0.4 is 4.74 Å². The topological polar surface area (TPSA) is 32.8 Å². The summed E-state index contributed by atoms with van der Waals surface area (Å²) in [4.78, 5) is 16.1. The van der Waals surface area contributed by atoms with Gasteiger partial charge < -0.3 is 9.64 Å². The molecule has 2 aromatic rings. The van der Waals surface area contributed by atoms with Crippen LogP contribution in [0.5, 0.6) is 5.75 Å². The number of amides is 1. The van der Waals surface area contributed by atoms with Crippen LogP contribution in [-0.2, 0) is 11.3 Å². The predicted octanol–water partition coefficient (Wildman–Crippen LogP) is 3.34. The minimum absolute atomic E-state index is 0.236. The number of ether oxygens (including phenoxy) is 1. The summed E-state index contributed by atoms with van der Waals surface area (Å²) >= 11 is 5.89. The molecule has 1 amide bonds. The summed E-state index contributed by atoms with van der Waals surface area (Å²) in [7, 11) is 0. The molecule has 0 aromatic heterocycles. The van der Waals surface area contributed by atoms with Crippen LogP contribution >= 0.6 is 11.6 Å². The van der Waals surface area contributed by atoms with E-state index in [4.69, 9.17) is 16.3 Å². The van der Waals surface area contributed by atoms with Crippen LogP contribution in [0.2, 0.25) is 5.02 Å². The average Bonchev–Trinajstić information content (AvgIpc) is 2.65. The molecule has 0 saturated carbocycles. The SMILES string of the molecule is O=C(COc1cc(F)ccc1F)N1CCN(Cc2ccc(Cl)cc2)CC1. The first-order valence-corrected chi connectivity index (χ1v) is 8.71. The summed E-state index contributed by atoms with van der Waals surface area (Å²) in [5.41, 5.74) is 1.17. The fourth-order valence-electron chi connectivity index (χ4n) is 2.82. The lowest BCUT2D eigenvalue weighted by Crippen LogP contribution is -2.49. The van der Waals surface area contributed by atoms with Gasteiger partial charge in [-0.15, -0.1) is 0 Å². The molecular formula is C19H19ClF2N2O2. The number of halogens is 3. The Labute approximate surface area is 155 Å². The van der Waals surface area contributed by atoms with Crippen LogP contribution in [0.1, 0.15) is 5.56 Å². The molecule has 4 nitrogen and oxygen atoms in total. The Hall–Kier alpha value is -2.18. The molecule has 1 fully saturated rings. The quantitative estimate of drug-likeness (QED) is 0.797. The molecular weight excluding hydrogens is 362 g/mol. The molecule has 1 heterocycles. The second kappa shape index (κ2) is 8.47. The molecule has 1 aliphatic heterocycles. The second-order valence-electron chi connectivity index (χ2n) is 6.15. The summed E-state index contributed by atoms with van der Waals surface area (Å²) in [6.45, 7) is 3.11. The van der Waals surface area contributed by atoms with Crippen LogP contribution in [-0.4, -0.2) is 48.5 Å². The van der Waals surface area contributed by atoms with Crippen LogP contribution in [0.3, 0.4) is 0 Å². The minimum atomic E-state index is -0.688. The van der Waals surface area contributed by atoms with Gasteiger partial charge in [0, 0.05) is 43.8 Å². The molecule has 0 radical (unpaired) electrons. The van der Waals surface area contributed by atoms with Crippen LogP contribution in [0.4, 0.5) is 8.78 Å². The lowest BCUT2D eigenvalue weighted by molar-refractivity contribution is -0.135. The standard InChI is InChI=1S/C19H19ClF2N2O2/c20-15-3-1-14(2-4-15)12-23-7-9-24(10-8-23)19(25)13-26-18-11-16(21)5-6-17(18)22/h1-6,11H,7-10,12-13H2. The Morgan fingerprint density at radius 1 is 1.04 bits per heavy atom. The maximum atomic E-state index is 13.5. The third kappa shape index (κ3) is 4.93. The van der Waals surface area contributed by atoms with E-state index in [1.807, 2.05) is 24.3 Å². The van der Waals surface area contributed by atoms with Gasteiger partial charge in [0.05, 0.1) is 0 Å². The summed E-state index contributed by atoms with van der Waals surface area (Å²) in [5.74, 6) is -1.78. The Kier molecular flexibility index (Phi) is 6.06. The number of carbonyl (C=O) groups excluding carboxylic acids is 1. The summed E-state index contributed by atoms with van der Waals surface area (Å²) in [6, 6.07) is 10.6. The van der Waals surface area contributed by atoms with Crippen LogP contribution in [0, 0.1) is 11.6 Å². The van der Waals surface area contributed by atoms with Crippen molar-refractivity contribution in [1.29, 1.82) is 0 Å². The fourth-order valence-corrected chi connectivity index (χ4v) is 2.95. The first-order valence-electron chi connectivity index (χ1n) is 8.34. The molecule has 0 aliphatic carbocycles. The molecule has 0 N–H and O–H groups in total. The van der Waals surface area contributed by atoms with Crippen molar-refractivity contribution >= 4 is 17.5 Å². The molecule has 0 unspecified atom stereocenters. The Balaban J connectivity index is 1.46. The smallest absolute Gasteiger partial charge is 0.260 e. The largest absolute Gasteiger partial charge is 0.481 e. The van der Waals surface area contributed by atoms with E-state index in [1.165, 1.54) is 5.56 Å². The van der Waals surface area contributed by atoms with Gasteiger partial charge in [-0.05, 0) is 29.8 Å². The highest BCUT2D eigenvalue weighted by Crippen LogP contribution is 2.18. The van der Waals surface area contributed by atoms with E-state index in [9.17, 15) is 13.6 Å². The van der Waals surface area contributed by atoms with Gasteiger partial charge in [-0.1, -0.05) is 23.7 Å². The Morgan fingerprint density at radius 3 is 2.42 bits per heavy atom. The third-order valence-electron chi connectivity index (χ3n) is 4.29. The van der Waals surface area contributed by atoms with Gasteiger partial charge in [0.1, 0.15) is 5.82 Å². The number of piperazine rings is 1. The minimum Gasteiger partial charge on any atom is -0.481 e. The lowest BCUT2D eigenvalue weighted by Gasteiger charge is -2.34. The number of nitrogens with zero attached hydrogens (tertiary/aromatic N) is 2. The molecule has 2 aromatic carbocycles. The maximum absolute atomic E-state index is 13.5. The number of hydrogen-bond donors (Lipinski definition) is 0. The highest BCUT2D eigenvalue weighted by Gasteiger charge is 2.21. The summed E-state index contributed by atoms with van der Waals surface area (Å²) < 4.78 is 31.8. The zero-order chi connectivity index (χ0) is 18.5. The maximum Gasteiger partial charge on any atom is 0.260 e. The van der Waals surface area contributed by atoms with Crippen molar-refractivity contribution in [3.8, 4) is 5.75 Å². The van der Waals surface area contributed by atoms with E-state index in [0.717, 1.165) is 37.8 Å². The second-order valence-corrected chi connectivity index (χ2v) is 6.58. The van der Waals surface area contributed by atoms with Crippen molar-refractivity contribution in [2.24, 2.45) is 0 Å². The normalized spacial score (nSPS) is 15.1. The zero-order valence-electron chi connectivity index (χ0n) is 14.1. The summed E-state index contributed by atoms with van der Waals surface area (Å²) in [5, 5.41) is 0.707. The van der Waals surface area contributed by atoms with Gasteiger partial charge in [-0.25, -0.2) is 8.78 Å². The average molecular weight is 381 g/mol. The van der Waals surface area contributed by atoms with Crippen molar-refractivity contribution in [1.82, 2.24) is 9.80 Å². The Morgan fingerprint density at radius 2 is 1.73 bits per heavy atom. The van der Waals surface area contributed by atoms with E-state index < -0.39 is 11.6 Å². The zero-order valence-corrected chi connectivity index (χ0v) is 14.9. The number of benzene rings is 2. The third-order valence-corrected chi connectivity index (χ3v) is 4.54. The molecule has 7 heteroatoms. The van der Waals surface area contributed by atoms with E-state index in [-0.39, 0.29) is 18.3 Å². The number of carbonyl (C=O) groups is 1. The molecule has 1 aliphatic rings. The van der Waals surface area contributed by atoms with Gasteiger partial charge in [-0.3, -0.25) is 9.69 Å². The fraction of sp³-hybridized carbons (Fsp3) is 0.316. The van der Waals surface area contributed by atoms with Crippen LogP contribution in [0.15, 0.2) is 42.5 Å². The van der Waals surface area contributed by atoms with Crippen molar-refractivity contribution in [3.63, 3.8) is 0 Å². The predicted molar refractivity (Wildman–Crippen MR) is 95.2 cm³/mol. The van der Waals surface area contributed by atoms with Crippen molar-refractivity contribution in [2.75, 3.05) is 32.8 Å². The summed E-state index contributed by atoms with van der Waals surface area (Å²) in [6.07, 6.45) is 0. The first-order chi connectivity index (χ1) is 12.5. The van der Waals surface area contributed by atoms with Crippen molar-refractivity contribution in [2.45, 2.75) is 6.54 Å². The van der Waals surface area contributed by atoms with E-state index >= 15 is 0 Å². The number of hydrogen-bond acceptors (Lipinski definition) is 3. The van der Waals surface area contributed by atoms with Crippen molar-refractivity contribution in [3.05, 3.63) is 64.7 Å². The van der Waals surface area contributed by atoms with Gasteiger partial charge in [-0.2, -0.15) is 0 Å². The molecule has 26 heavy (non-hydrogen) atoms. The van der Waals surface area contributed by atoms with Gasteiger partial charge in [0.25, 0.3) is 5.91 Å². The van der Waals surface area contributed by atoms with Gasteiger partial charge in [0.15, 0.2) is 18.2 Å². The van der Waals surface area contributed by atoms with Gasteiger partial charge in [0.2, 0.25) is 0 Å². The molecule has 138 valence electrons. The Bertz CT molecular complexity index is 763. The van der Waals surface area contributed by atoms with E-state index in [0.29, 0.717) is 18.1 Å². The molecule has 3 rings (SSSR count). The van der Waals surface area contributed by atoms with E-state index in [1.54, 1.807) is 4.90 Å². The molecule has 0 bridgehead atoms. The highest BCUT2D eigenvalue weighted by molar-refractivity contribution is 6.30. The number of rotatable bonds is 5. The van der Waals surface area contributed by atoms with Crippen LogP contribution in [0.25, 0.3) is 0 Å². The van der Waals surface area contributed by atoms with E-state index in [2.05, 4.69) is 4.90 Å². The highest BCUT2D eigenvalue weighted by atomic mass is 35.5. The molecule has 0 spiro atoms.